The first-order valence-corrected chi connectivity index (χ1v) is 7.12. The standard InChI is InChI=1S/C14H25N3O2/c1-5-9-12(14(18)19-8-4)17-11(7-3)13(15)10(6-2)16-17/h12H,5-9,15H2,1-4H3. The fourth-order valence-corrected chi connectivity index (χ4v) is 2.26. The van der Waals surface area contributed by atoms with Gasteiger partial charge in [0.05, 0.1) is 23.7 Å². The highest BCUT2D eigenvalue weighted by molar-refractivity contribution is 5.74. The zero-order valence-electron chi connectivity index (χ0n) is 12.4. The number of hydrogen-bond acceptors (Lipinski definition) is 4. The Balaban J connectivity index is 3.17. The van der Waals surface area contributed by atoms with E-state index in [0.29, 0.717) is 6.61 Å². The third kappa shape index (κ3) is 3.28. The second-order valence-electron chi connectivity index (χ2n) is 4.52. The zero-order valence-corrected chi connectivity index (χ0v) is 12.4. The number of carbonyl (C=O) groups is 1. The van der Waals surface area contributed by atoms with Crippen molar-refractivity contribution >= 4 is 11.7 Å². The first kappa shape index (κ1) is 15.5. The van der Waals surface area contributed by atoms with Gasteiger partial charge < -0.3 is 10.5 Å². The van der Waals surface area contributed by atoms with E-state index in [1.165, 1.54) is 0 Å². The lowest BCUT2D eigenvalue weighted by molar-refractivity contribution is -0.147. The molecule has 1 heterocycles. The number of ether oxygens (including phenoxy) is 1. The van der Waals surface area contributed by atoms with E-state index in [1.54, 1.807) is 4.68 Å². The van der Waals surface area contributed by atoms with Gasteiger partial charge in [0.1, 0.15) is 6.04 Å². The largest absolute Gasteiger partial charge is 0.464 e. The highest BCUT2D eigenvalue weighted by Crippen LogP contribution is 2.25. The number of rotatable bonds is 7. The molecule has 5 nitrogen and oxygen atoms in total. The molecular weight excluding hydrogens is 242 g/mol. The summed E-state index contributed by atoms with van der Waals surface area (Å²) in [5, 5.41) is 4.51. The van der Waals surface area contributed by atoms with Crippen LogP contribution in [0.15, 0.2) is 0 Å². The summed E-state index contributed by atoms with van der Waals surface area (Å²) in [6.07, 6.45) is 3.15. The summed E-state index contributed by atoms with van der Waals surface area (Å²) in [6, 6.07) is -0.359. The number of nitrogens with two attached hydrogens (primary N) is 1. The van der Waals surface area contributed by atoms with Gasteiger partial charge >= 0.3 is 5.97 Å². The van der Waals surface area contributed by atoms with E-state index in [9.17, 15) is 4.79 Å². The maximum Gasteiger partial charge on any atom is 0.330 e. The Bertz CT molecular complexity index is 427. The van der Waals surface area contributed by atoms with E-state index in [0.717, 1.165) is 42.8 Å². The number of anilines is 1. The fraction of sp³-hybridized carbons (Fsp3) is 0.714. The summed E-state index contributed by atoms with van der Waals surface area (Å²) >= 11 is 0. The first-order valence-electron chi connectivity index (χ1n) is 7.12. The first-order chi connectivity index (χ1) is 9.10. The lowest BCUT2D eigenvalue weighted by atomic mass is 10.1. The molecule has 0 aliphatic rings. The van der Waals surface area contributed by atoms with Crippen LogP contribution in [0.25, 0.3) is 0 Å². The molecule has 0 radical (unpaired) electrons. The topological polar surface area (TPSA) is 70.1 Å². The van der Waals surface area contributed by atoms with Crippen LogP contribution in [0.4, 0.5) is 5.69 Å². The van der Waals surface area contributed by atoms with E-state index < -0.39 is 0 Å². The van der Waals surface area contributed by atoms with Gasteiger partial charge in [-0.1, -0.05) is 27.2 Å². The number of nitrogen functional groups attached to an aromatic ring is 1. The quantitative estimate of drug-likeness (QED) is 0.770. The van der Waals surface area contributed by atoms with Gasteiger partial charge in [0.25, 0.3) is 0 Å². The molecule has 1 aromatic rings. The molecule has 0 aromatic carbocycles. The van der Waals surface area contributed by atoms with E-state index >= 15 is 0 Å². The maximum absolute atomic E-state index is 12.1. The SMILES string of the molecule is CCCC(C(=O)OCC)n1nc(CC)c(N)c1CC. The van der Waals surface area contributed by atoms with Crippen LogP contribution in [0.1, 0.15) is 58.0 Å². The van der Waals surface area contributed by atoms with Crippen molar-refractivity contribution in [2.24, 2.45) is 0 Å². The van der Waals surface area contributed by atoms with Crippen molar-refractivity contribution in [1.82, 2.24) is 9.78 Å². The van der Waals surface area contributed by atoms with Gasteiger partial charge in [0.15, 0.2) is 0 Å². The van der Waals surface area contributed by atoms with Crippen LogP contribution in [0.5, 0.6) is 0 Å². The van der Waals surface area contributed by atoms with Crippen molar-refractivity contribution < 1.29 is 9.53 Å². The molecule has 5 heteroatoms. The minimum Gasteiger partial charge on any atom is -0.464 e. The molecule has 108 valence electrons. The van der Waals surface area contributed by atoms with Crippen LogP contribution in [-0.2, 0) is 22.4 Å². The smallest absolute Gasteiger partial charge is 0.330 e. The summed E-state index contributed by atoms with van der Waals surface area (Å²) in [5.41, 5.74) is 8.61. The van der Waals surface area contributed by atoms with Crippen molar-refractivity contribution in [2.75, 3.05) is 12.3 Å². The summed E-state index contributed by atoms with van der Waals surface area (Å²) in [4.78, 5) is 12.1. The fourth-order valence-electron chi connectivity index (χ4n) is 2.26. The Morgan fingerprint density at radius 3 is 2.47 bits per heavy atom. The van der Waals surface area contributed by atoms with Gasteiger partial charge in [-0.25, -0.2) is 4.79 Å². The molecule has 2 N–H and O–H groups in total. The molecule has 0 saturated carbocycles. The Morgan fingerprint density at radius 2 is 2.00 bits per heavy atom. The molecule has 0 fully saturated rings. The second kappa shape index (κ2) is 7.16. The molecular formula is C14H25N3O2. The van der Waals surface area contributed by atoms with Crippen molar-refractivity contribution in [3.8, 4) is 0 Å². The van der Waals surface area contributed by atoms with E-state index in [1.807, 2.05) is 27.7 Å². The number of carbonyl (C=O) groups excluding carboxylic acids is 1. The maximum atomic E-state index is 12.1. The molecule has 1 atom stereocenters. The third-order valence-corrected chi connectivity index (χ3v) is 3.21. The van der Waals surface area contributed by atoms with Crippen molar-refractivity contribution in [3.05, 3.63) is 11.4 Å². The Kier molecular flexibility index (Phi) is 5.86. The van der Waals surface area contributed by atoms with Crippen LogP contribution in [0, 0.1) is 0 Å². The molecule has 0 aliphatic carbocycles. The van der Waals surface area contributed by atoms with Crippen molar-refractivity contribution in [1.29, 1.82) is 0 Å². The normalized spacial score (nSPS) is 12.4. The molecule has 1 aromatic heterocycles. The highest BCUT2D eigenvalue weighted by atomic mass is 16.5. The minimum absolute atomic E-state index is 0.218. The minimum atomic E-state index is -0.359. The monoisotopic (exact) mass is 267 g/mol. The lowest BCUT2D eigenvalue weighted by Gasteiger charge is -2.17. The summed E-state index contributed by atoms with van der Waals surface area (Å²) in [6.45, 7) is 8.29. The lowest BCUT2D eigenvalue weighted by Crippen LogP contribution is -2.24. The predicted molar refractivity (Wildman–Crippen MR) is 76.0 cm³/mol. The zero-order chi connectivity index (χ0) is 14.4. The van der Waals surface area contributed by atoms with Crippen LogP contribution in [0.3, 0.4) is 0 Å². The van der Waals surface area contributed by atoms with Crippen molar-refractivity contribution in [2.45, 2.75) is 59.4 Å². The van der Waals surface area contributed by atoms with Crippen LogP contribution >= 0.6 is 0 Å². The molecule has 0 saturated heterocycles. The van der Waals surface area contributed by atoms with Gasteiger partial charge in [0, 0.05) is 0 Å². The average molecular weight is 267 g/mol. The number of hydrogen-bond donors (Lipinski definition) is 1. The molecule has 0 aliphatic heterocycles. The van der Waals surface area contributed by atoms with Crippen LogP contribution < -0.4 is 5.73 Å². The number of nitrogens with zero attached hydrogens (tertiary/aromatic N) is 2. The van der Waals surface area contributed by atoms with Gasteiger partial charge in [-0.3, -0.25) is 4.68 Å². The van der Waals surface area contributed by atoms with E-state index in [4.69, 9.17) is 10.5 Å². The molecule has 1 unspecified atom stereocenters. The molecule has 0 amide bonds. The third-order valence-electron chi connectivity index (χ3n) is 3.21. The van der Waals surface area contributed by atoms with E-state index in [-0.39, 0.29) is 12.0 Å². The van der Waals surface area contributed by atoms with Gasteiger partial charge in [-0.2, -0.15) is 5.10 Å². The summed E-state index contributed by atoms with van der Waals surface area (Å²) in [5.74, 6) is -0.218. The second-order valence-corrected chi connectivity index (χ2v) is 4.52. The summed E-state index contributed by atoms with van der Waals surface area (Å²) in [7, 11) is 0. The Labute approximate surface area is 115 Å². The average Bonchev–Trinajstić information content (AvgIpc) is 2.72. The highest BCUT2D eigenvalue weighted by Gasteiger charge is 2.26. The van der Waals surface area contributed by atoms with Gasteiger partial charge in [-0.05, 0) is 26.2 Å². The van der Waals surface area contributed by atoms with Crippen LogP contribution in [-0.4, -0.2) is 22.4 Å². The molecule has 19 heavy (non-hydrogen) atoms. The van der Waals surface area contributed by atoms with Gasteiger partial charge in [0.2, 0.25) is 0 Å². The molecule has 1 rings (SSSR count). The van der Waals surface area contributed by atoms with Crippen LogP contribution in [0.2, 0.25) is 0 Å². The Hall–Kier alpha value is -1.52. The van der Waals surface area contributed by atoms with Crippen molar-refractivity contribution in [3.63, 3.8) is 0 Å². The Morgan fingerprint density at radius 1 is 1.32 bits per heavy atom. The predicted octanol–water partition coefficient (Wildman–Crippen LogP) is 2.49. The summed E-state index contributed by atoms with van der Waals surface area (Å²) < 4.78 is 6.93. The number of aromatic nitrogens is 2. The number of aryl methyl sites for hydroxylation is 1. The molecule has 0 spiro atoms. The van der Waals surface area contributed by atoms with E-state index in [2.05, 4.69) is 5.10 Å². The molecule has 0 bridgehead atoms. The number of esters is 1. The van der Waals surface area contributed by atoms with Gasteiger partial charge in [-0.15, -0.1) is 0 Å².